The normalized spacial score (nSPS) is 17.6. The minimum Gasteiger partial charge on any atom is -0.379 e. The molecule has 260 valence electrons. The van der Waals surface area contributed by atoms with Crippen LogP contribution in [0.3, 0.4) is 0 Å². The SMILES string of the molecule is CC(F)(F)c1cc(NC(=O)C(O)(Cc2cccc(CN3CCC(CC(=O)COCc4ccccc4)CC3)c2)C2CCCCC2)ccc1C#N. The number of likely N-dealkylation sites (tertiary alicyclic amines) is 1. The number of nitrogens with zero attached hydrogens (tertiary/aromatic N) is 2. The van der Waals surface area contributed by atoms with Crippen LogP contribution in [-0.4, -0.2) is 47.0 Å². The van der Waals surface area contributed by atoms with Crippen LogP contribution in [0.4, 0.5) is 14.5 Å². The first-order valence-electron chi connectivity index (χ1n) is 17.4. The zero-order valence-electron chi connectivity index (χ0n) is 28.3. The van der Waals surface area contributed by atoms with Crippen LogP contribution in [0, 0.1) is 23.2 Å². The third kappa shape index (κ3) is 10.0. The highest BCUT2D eigenvalue weighted by atomic mass is 19.3. The summed E-state index contributed by atoms with van der Waals surface area (Å²) >= 11 is 0. The number of halogens is 2. The molecule has 49 heavy (non-hydrogen) atoms. The molecular weight excluding hydrogens is 624 g/mol. The molecule has 5 rings (SSSR count). The van der Waals surface area contributed by atoms with Crippen molar-refractivity contribution in [2.75, 3.05) is 25.0 Å². The molecule has 0 radical (unpaired) electrons. The van der Waals surface area contributed by atoms with Gasteiger partial charge < -0.3 is 15.2 Å². The number of alkyl halides is 2. The Balaban J connectivity index is 1.18. The number of benzene rings is 3. The Hall–Kier alpha value is -3.97. The molecule has 1 aliphatic heterocycles. The number of hydrogen-bond acceptors (Lipinski definition) is 6. The van der Waals surface area contributed by atoms with Crippen LogP contribution in [-0.2, 0) is 39.8 Å². The van der Waals surface area contributed by atoms with Crippen LogP contribution in [0.1, 0.15) is 86.1 Å². The van der Waals surface area contributed by atoms with E-state index < -0.39 is 23.0 Å². The van der Waals surface area contributed by atoms with Crippen LogP contribution < -0.4 is 5.32 Å². The van der Waals surface area contributed by atoms with Gasteiger partial charge in [0.15, 0.2) is 5.78 Å². The third-order valence-corrected chi connectivity index (χ3v) is 10.0. The number of rotatable bonds is 14. The van der Waals surface area contributed by atoms with Crippen LogP contribution in [0.25, 0.3) is 0 Å². The van der Waals surface area contributed by atoms with Crippen molar-refractivity contribution in [1.29, 1.82) is 5.26 Å². The van der Waals surface area contributed by atoms with E-state index in [0.29, 0.717) is 38.7 Å². The molecule has 1 amide bonds. The van der Waals surface area contributed by atoms with Gasteiger partial charge in [-0.1, -0.05) is 73.9 Å². The Kier molecular flexibility index (Phi) is 12.3. The van der Waals surface area contributed by atoms with Gasteiger partial charge in [-0.2, -0.15) is 5.26 Å². The van der Waals surface area contributed by atoms with E-state index in [-0.39, 0.29) is 36.0 Å². The number of amides is 1. The number of anilines is 1. The van der Waals surface area contributed by atoms with E-state index in [9.17, 15) is 28.7 Å². The number of Topliss-reactive ketones (excluding diaryl/α,β-unsaturated/α-hetero) is 1. The molecule has 2 aliphatic rings. The molecule has 1 atom stereocenters. The van der Waals surface area contributed by atoms with Crippen molar-refractivity contribution >= 4 is 17.4 Å². The van der Waals surface area contributed by atoms with Crippen molar-refractivity contribution in [3.05, 3.63) is 101 Å². The quantitative estimate of drug-likeness (QED) is 0.184. The van der Waals surface area contributed by atoms with Gasteiger partial charge in [0.1, 0.15) is 12.2 Å². The van der Waals surface area contributed by atoms with Gasteiger partial charge in [0, 0.05) is 37.6 Å². The van der Waals surface area contributed by atoms with E-state index in [2.05, 4.69) is 10.2 Å². The monoisotopic (exact) mass is 671 g/mol. The molecule has 1 heterocycles. The largest absolute Gasteiger partial charge is 0.379 e. The number of carbonyl (C=O) groups excluding carboxylic acids is 2. The van der Waals surface area contributed by atoms with Crippen molar-refractivity contribution in [2.45, 2.75) is 89.4 Å². The van der Waals surface area contributed by atoms with E-state index in [1.807, 2.05) is 54.6 Å². The average molecular weight is 672 g/mol. The fraction of sp³-hybridized carbons (Fsp3) is 0.475. The predicted molar refractivity (Wildman–Crippen MR) is 185 cm³/mol. The van der Waals surface area contributed by atoms with Gasteiger partial charge in [-0.3, -0.25) is 14.5 Å². The van der Waals surface area contributed by atoms with Gasteiger partial charge in [-0.25, -0.2) is 8.78 Å². The Labute approximate surface area is 288 Å². The summed E-state index contributed by atoms with van der Waals surface area (Å²) in [5, 5.41) is 24.1. The molecule has 7 nitrogen and oxygen atoms in total. The molecule has 9 heteroatoms. The first kappa shape index (κ1) is 36.3. The molecule has 1 unspecified atom stereocenters. The summed E-state index contributed by atoms with van der Waals surface area (Å²) in [7, 11) is 0. The molecule has 1 aliphatic carbocycles. The summed E-state index contributed by atoms with van der Waals surface area (Å²) in [6, 6.07) is 23.4. The van der Waals surface area contributed by atoms with Gasteiger partial charge in [-0.15, -0.1) is 0 Å². The second-order valence-corrected chi connectivity index (χ2v) is 13.9. The highest BCUT2D eigenvalue weighted by molar-refractivity contribution is 5.97. The molecular formula is C40H47F2N3O4. The number of ether oxygens (including phenoxy) is 1. The number of hydrogen-bond donors (Lipinski definition) is 2. The van der Waals surface area contributed by atoms with Crippen LogP contribution in [0.15, 0.2) is 72.8 Å². The predicted octanol–water partition coefficient (Wildman–Crippen LogP) is 7.55. The number of nitriles is 1. The molecule has 0 bridgehead atoms. The van der Waals surface area contributed by atoms with Gasteiger partial charge in [0.25, 0.3) is 11.8 Å². The summed E-state index contributed by atoms with van der Waals surface area (Å²) in [6.45, 7) is 3.77. The molecule has 1 saturated carbocycles. The third-order valence-electron chi connectivity index (χ3n) is 10.0. The van der Waals surface area contributed by atoms with E-state index in [4.69, 9.17) is 4.74 Å². The second-order valence-electron chi connectivity index (χ2n) is 13.9. The van der Waals surface area contributed by atoms with Crippen LogP contribution >= 0.6 is 0 Å². The first-order chi connectivity index (χ1) is 23.5. The molecule has 1 saturated heterocycles. The number of nitrogens with one attached hydrogen (secondary N) is 1. The molecule has 0 spiro atoms. The van der Waals surface area contributed by atoms with Crippen molar-refractivity contribution in [2.24, 2.45) is 11.8 Å². The minimum absolute atomic E-state index is 0.0982. The fourth-order valence-electron chi connectivity index (χ4n) is 7.31. The summed E-state index contributed by atoms with van der Waals surface area (Å²) < 4.78 is 34.2. The maximum absolute atomic E-state index is 14.3. The van der Waals surface area contributed by atoms with Crippen LogP contribution in [0.5, 0.6) is 0 Å². The number of carbonyl (C=O) groups is 2. The zero-order chi connectivity index (χ0) is 34.9. The first-order valence-corrected chi connectivity index (χ1v) is 17.4. The van der Waals surface area contributed by atoms with Gasteiger partial charge in [-0.05, 0) is 85.5 Å². The van der Waals surface area contributed by atoms with Crippen LogP contribution in [0.2, 0.25) is 0 Å². The van der Waals surface area contributed by atoms with Gasteiger partial charge in [0.05, 0.1) is 18.2 Å². The van der Waals surface area contributed by atoms with Crippen molar-refractivity contribution in [1.82, 2.24) is 4.90 Å². The second kappa shape index (κ2) is 16.6. The molecule has 0 aromatic heterocycles. The lowest BCUT2D eigenvalue weighted by Gasteiger charge is -2.37. The minimum atomic E-state index is -3.27. The van der Waals surface area contributed by atoms with E-state index in [0.717, 1.165) is 74.5 Å². The van der Waals surface area contributed by atoms with E-state index in [1.165, 1.54) is 12.1 Å². The number of aliphatic hydroxyl groups is 1. The fourth-order valence-corrected chi connectivity index (χ4v) is 7.31. The van der Waals surface area contributed by atoms with Gasteiger partial charge in [0.2, 0.25) is 0 Å². The Bertz CT molecular complexity index is 1610. The summed E-state index contributed by atoms with van der Waals surface area (Å²) in [4.78, 5) is 28.7. The molecule has 2 fully saturated rings. The lowest BCUT2D eigenvalue weighted by Crippen LogP contribution is -2.51. The Morgan fingerprint density at radius 1 is 0.939 bits per heavy atom. The van der Waals surface area contributed by atoms with E-state index >= 15 is 0 Å². The summed E-state index contributed by atoms with van der Waals surface area (Å²) in [5.74, 6) is -3.69. The molecule has 3 aromatic rings. The molecule has 3 aromatic carbocycles. The highest BCUT2D eigenvalue weighted by Gasteiger charge is 2.44. The Morgan fingerprint density at radius 3 is 2.33 bits per heavy atom. The maximum Gasteiger partial charge on any atom is 0.271 e. The maximum atomic E-state index is 14.3. The zero-order valence-corrected chi connectivity index (χ0v) is 28.3. The topological polar surface area (TPSA) is 103 Å². The summed E-state index contributed by atoms with van der Waals surface area (Å²) in [6.07, 6.45) is 6.77. The Morgan fingerprint density at radius 2 is 1.63 bits per heavy atom. The number of ketones is 1. The smallest absolute Gasteiger partial charge is 0.271 e. The highest BCUT2D eigenvalue weighted by Crippen LogP contribution is 2.37. The number of piperidine rings is 1. The van der Waals surface area contributed by atoms with Crippen molar-refractivity contribution in [3.63, 3.8) is 0 Å². The van der Waals surface area contributed by atoms with Gasteiger partial charge >= 0.3 is 0 Å². The van der Waals surface area contributed by atoms with Crippen molar-refractivity contribution in [3.8, 4) is 6.07 Å². The van der Waals surface area contributed by atoms with Crippen molar-refractivity contribution < 1.29 is 28.2 Å². The van der Waals surface area contributed by atoms with E-state index in [1.54, 1.807) is 6.07 Å². The standard InChI is InChI=1S/C40H47F2N3O4/c1-39(41,42)37-23-35(16-15-33(37)25-43)44-38(47)40(48,34-13-6-3-7-14-34)24-31-11-8-12-32(21-31)26-45-19-17-29(18-20-45)22-36(46)28-49-27-30-9-4-2-5-10-30/h2,4-5,8-12,15-16,21,23,29,34,48H,3,6-7,13-14,17-20,22,24,26-28H2,1H3,(H,44,47). The molecule has 2 N–H and O–H groups in total. The lowest BCUT2D eigenvalue weighted by molar-refractivity contribution is -0.141. The summed E-state index contributed by atoms with van der Waals surface area (Å²) in [5.41, 5.74) is 0.715. The lowest BCUT2D eigenvalue weighted by atomic mass is 9.73. The average Bonchev–Trinajstić information content (AvgIpc) is 3.09.